The third-order valence-electron chi connectivity index (χ3n) is 3.76. The van der Waals surface area contributed by atoms with Gasteiger partial charge in [0.25, 0.3) is 5.91 Å². The van der Waals surface area contributed by atoms with E-state index in [0.717, 1.165) is 5.56 Å². The summed E-state index contributed by atoms with van der Waals surface area (Å²) in [5, 5.41) is 0. The van der Waals surface area contributed by atoms with Gasteiger partial charge >= 0.3 is 5.97 Å². The van der Waals surface area contributed by atoms with E-state index in [9.17, 15) is 9.59 Å². The van der Waals surface area contributed by atoms with Crippen molar-refractivity contribution < 1.29 is 14.3 Å². The molecule has 1 fully saturated rings. The quantitative estimate of drug-likeness (QED) is 0.455. The zero-order valence-electron chi connectivity index (χ0n) is 13.8. The van der Waals surface area contributed by atoms with E-state index < -0.39 is 12.1 Å². The van der Waals surface area contributed by atoms with Crippen molar-refractivity contribution in [2.24, 2.45) is 5.41 Å². The van der Waals surface area contributed by atoms with Gasteiger partial charge in [-0.3, -0.25) is 4.79 Å². The maximum atomic E-state index is 12.6. The Morgan fingerprint density at radius 1 is 1.14 bits per heavy atom. The van der Waals surface area contributed by atoms with Gasteiger partial charge in [0.05, 0.1) is 6.04 Å². The van der Waals surface area contributed by atoms with Crippen LogP contribution in [0.25, 0.3) is 0 Å². The molecule has 0 unspecified atom stereocenters. The monoisotopic (exact) mass is 301 g/mol. The van der Waals surface area contributed by atoms with Crippen LogP contribution in [0.5, 0.6) is 0 Å². The highest BCUT2D eigenvalue weighted by atomic mass is 16.5. The van der Waals surface area contributed by atoms with Gasteiger partial charge in [-0.1, -0.05) is 57.2 Å². The minimum absolute atomic E-state index is 0.111. The van der Waals surface area contributed by atoms with Crippen molar-refractivity contribution >= 4 is 11.9 Å². The van der Waals surface area contributed by atoms with Crippen LogP contribution >= 0.6 is 0 Å². The number of allylic oxidation sites excluding steroid dienone is 1. The molecule has 0 spiro atoms. The Bertz CT molecular complexity index is 599. The number of benzene rings is 1. The lowest BCUT2D eigenvalue weighted by molar-refractivity contribution is -0.145. The van der Waals surface area contributed by atoms with Crippen LogP contribution in [0.3, 0.4) is 0 Å². The summed E-state index contributed by atoms with van der Waals surface area (Å²) in [6.45, 7) is 7.74. The minimum atomic E-state index is -0.551. The second kappa shape index (κ2) is 5.95. The first kappa shape index (κ1) is 16.3. The van der Waals surface area contributed by atoms with Gasteiger partial charge in [-0.05, 0) is 17.9 Å². The molecule has 2 rings (SSSR count). The molecule has 1 aliphatic heterocycles. The van der Waals surface area contributed by atoms with Gasteiger partial charge in [-0.25, -0.2) is 4.79 Å². The summed E-state index contributed by atoms with van der Waals surface area (Å²) in [5.74, 6) is -0.837. The van der Waals surface area contributed by atoms with Gasteiger partial charge in [-0.15, -0.1) is 0 Å². The van der Waals surface area contributed by atoms with Crippen LogP contribution in [0.1, 0.15) is 39.4 Å². The zero-order valence-corrected chi connectivity index (χ0v) is 13.8. The lowest BCUT2D eigenvalue weighted by Crippen LogP contribution is -2.37. The van der Waals surface area contributed by atoms with Gasteiger partial charge in [0, 0.05) is 7.05 Å². The molecule has 1 aromatic rings. The molecule has 0 aromatic heterocycles. The molecule has 2 atom stereocenters. The largest absolute Gasteiger partial charge is 0.452 e. The Labute approximate surface area is 131 Å². The number of hydrogen-bond donors (Lipinski definition) is 0. The Kier molecular flexibility index (Phi) is 4.40. The minimum Gasteiger partial charge on any atom is -0.452 e. The van der Waals surface area contributed by atoms with Crippen LogP contribution in [0.2, 0.25) is 0 Å². The molecule has 4 nitrogen and oxygen atoms in total. The number of cyclic esters (lactones) is 1. The lowest BCUT2D eigenvalue weighted by atomic mass is 9.93. The molecule has 118 valence electrons. The summed E-state index contributed by atoms with van der Waals surface area (Å²) in [7, 11) is 1.71. The van der Waals surface area contributed by atoms with Crippen LogP contribution in [0.15, 0.2) is 42.0 Å². The Balaban J connectivity index is 2.44. The van der Waals surface area contributed by atoms with Crippen LogP contribution in [0.4, 0.5) is 0 Å². The van der Waals surface area contributed by atoms with Crippen molar-refractivity contribution in [3.63, 3.8) is 0 Å². The highest BCUT2D eigenvalue weighted by Gasteiger charge is 2.38. The Hall–Kier alpha value is -2.10. The van der Waals surface area contributed by atoms with Crippen LogP contribution in [-0.2, 0) is 14.3 Å². The lowest BCUT2D eigenvalue weighted by Gasteiger charge is -2.28. The standard InChI is InChI=1S/C18H23NO3/c1-12-15(13-9-7-6-8-10-13)22-17(21)14(11-18(2,3)4)16(20)19(12)5/h6-12,15H,1-5H3/b14-11-/t12-,15-/m0/s1. The summed E-state index contributed by atoms with van der Waals surface area (Å²) in [6, 6.07) is 9.29. The van der Waals surface area contributed by atoms with Crippen molar-refractivity contribution in [3.05, 3.63) is 47.5 Å². The highest BCUT2D eigenvalue weighted by molar-refractivity contribution is 6.16. The first-order valence-corrected chi connectivity index (χ1v) is 7.46. The van der Waals surface area contributed by atoms with Gasteiger partial charge in [0.15, 0.2) is 0 Å². The molecule has 1 aromatic carbocycles. The molecule has 0 saturated carbocycles. The van der Waals surface area contributed by atoms with Gasteiger partial charge in [0.1, 0.15) is 11.7 Å². The van der Waals surface area contributed by atoms with Crippen LogP contribution in [-0.4, -0.2) is 29.9 Å². The van der Waals surface area contributed by atoms with Crippen molar-refractivity contribution in [2.45, 2.75) is 39.8 Å². The number of carbonyl (C=O) groups excluding carboxylic acids is 2. The molecular formula is C18H23NO3. The molecular weight excluding hydrogens is 278 g/mol. The van der Waals surface area contributed by atoms with E-state index in [1.807, 2.05) is 58.0 Å². The molecule has 22 heavy (non-hydrogen) atoms. The molecule has 0 N–H and O–H groups in total. The van der Waals surface area contributed by atoms with Crippen molar-refractivity contribution in [3.8, 4) is 0 Å². The summed E-state index contributed by atoms with van der Waals surface area (Å²) in [5.41, 5.74) is 0.723. The first-order chi connectivity index (χ1) is 10.2. The van der Waals surface area contributed by atoms with E-state index in [-0.39, 0.29) is 22.9 Å². The second-order valence-corrected chi connectivity index (χ2v) is 6.82. The predicted octanol–water partition coefficient (Wildman–Crippen LogP) is 3.10. The van der Waals surface area contributed by atoms with E-state index in [2.05, 4.69) is 0 Å². The third-order valence-corrected chi connectivity index (χ3v) is 3.76. The topological polar surface area (TPSA) is 46.6 Å². The fourth-order valence-corrected chi connectivity index (χ4v) is 2.49. The number of ether oxygens (including phenoxy) is 1. The summed E-state index contributed by atoms with van der Waals surface area (Å²) >= 11 is 0. The number of rotatable bonds is 1. The molecule has 0 radical (unpaired) electrons. The summed E-state index contributed by atoms with van der Waals surface area (Å²) in [4.78, 5) is 26.6. The Morgan fingerprint density at radius 3 is 2.27 bits per heavy atom. The predicted molar refractivity (Wildman–Crippen MR) is 85.0 cm³/mol. The number of esters is 1. The van der Waals surface area contributed by atoms with E-state index in [1.165, 1.54) is 0 Å². The molecule has 1 amide bonds. The van der Waals surface area contributed by atoms with Gasteiger partial charge in [0.2, 0.25) is 0 Å². The maximum absolute atomic E-state index is 12.6. The normalized spacial score (nSPS) is 25.1. The Morgan fingerprint density at radius 2 is 1.73 bits per heavy atom. The molecule has 4 heteroatoms. The van der Waals surface area contributed by atoms with Crippen molar-refractivity contribution in [1.82, 2.24) is 4.90 Å². The third kappa shape index (κ3) is 3.38. The number of likely N-dealkylation sites (N-methyl/N-ethyl adjacent to an activating group) is 1. The molecule has 1 aliphatic rings. The molecule has 0 aliphatic carbocycles. The smallest absolute Gasteiger partial charge is 0.344 e. The number of hydrogen-bond acceptors (Lipinski definition) is 3. The van der Waals surface area contributed by atoms with E-state index in [1.54, 1.807) is 18.0 Å². The van der Waals surface area contributed by atoms with Crippen LogP contribution in [0, 0.1) is 5.41 Å². The SMILES string of the molecule is C[C@H]1[C@@H](c2ccccc2)OC(=O)/C(=C\C(C)(C)C)C(=O)N1C. The summed E-state index contributed by atoms with van der Waals surface area (Å²) in [6.07, 6.45) is 1.22. The molecule has 1 heterocycles. The van der Waals surface area contributed by atoms with E-state index in [4.69, 9.17) is 4.74 Å². The highest BCUT2D eigenvalue weighted by Crippen LogP contribution is 2.31. The zero-order chi connectivity index (χ0) is 16.5. The first-order valence-electron chi connectivity index (χ1n) is 7.46. The van der Waals surface area contributed by atoms with E-state index in [0.29, 0.717) is 0 Å². The average molecular weight is 301 g/mol. The average Bonchev–Trinajstić information content (AvgIpc) is 2.53. The second-order valence-electron chi connectivity index (χ2n) is 6.82. The number of carbonyl (C=O) groups is 2. The van der Waals surface area contributed by atoms with Crippen LogP contribution < -0.4 is 0 Å². The maximum Gasteiger partial charge on any atom is 0.344 e. The summed E-state index contributed by atoms with van der Waals surface area (Å²) < 4.78 is 5.64. The number of amides is 1. The number of nitrogens with zero attached hydrogens (tertiary/aromatic N) is 1. The van der Waals surface area contributed by atoms with Crippen molar-refractivity contribution in [2.75, 3.05) is 7.05 Å². The molecule has 0 bridgehead atoms. The fourth-order valence-electron chi connectivity index (χ4n) is 2.49. The van der Waals surface area contributed by atoms with Gasteiger partial charge in [-0.2, -0.15) is 0 Å². The molecule has 1 saturated heterocycles. The fraction of sp³-hybridized carbons (Fsp3) is 0.444. The van der Waals surface area contributed by atoms with E-state index >= 15 is 0 Å². The van der Waals surface area contributed by atoms with Gasteiger partial charge < -0.3 is 9.64 Å². The van der Waals surface area contributed by atoms with Crippen molar-refractivity contribution in [1.29, 1.82) is 0 Å².